The highest BCUT2D eigenvalue weighted by Crippen LogP contribution is 2.27. The van der Waals surface area contributed by atoms with E-state index in [9.17, 15) is 28.0 Å². The monoisotopic (exact) mass is 930 g/mol. The van der Waals surface area contributed by atoms with Crippen molar-refractivity contribution in [1.82, 2.24) is 19.9 Å². The van der Waals surface area contributed by atoms with Gasteiger partial charge in [0.15, 0.2) is 23.1 Å². The summed E-state index contributed by atoms with van der Waals surface area (Å²) in [6, 6.07) is 19.5. The van der Waals surface area contributed by atoms with Crippen LogP contribution in [0.2, 0.25) is 5.15 Å². The number of ketones is 4. The summed E-state index contributed by atoms with van der Waals surface area (Å²) in [5, 5.41) is 0.0486. The van der Waals surface area contributed by atoms with Crippen LogP contribution in [0.15, 0.2) is 89.7 Å². The van der Waals surface area contributed by atoms with E-state index in [0.29, 0.717) is 56.6 Å². The predicted octanol–water partition coefficient (Wildman–Crippen LogP) is 9.91. The van der Waals surface area contributed by atoms with Gasteiger partial charge < -0.3 is 18.9 Å². The molecular weight excluding hydrogens is 890 g/mol. The van der Waals surface area contributed by atoms with E-state index in [-0.39, 0.29) is 46.5 Å². The topological polar surface area (TPSA) is 157 Å². The zero-order valence-electron chi connectivity index (χ0n) is 35.1. The van der Waals surface area contributed by atoms with E-state index in [2.05, 4.69) is 35.9 Å². The minimum absolute atomic E-state index is 0.00949. The van der Waals surface area contributed by atoms with Gasteiger partial charge in [0.25, 0.3) is 0 Å². The van der Waals surface area contributed by atoms with E-state index < -0.39 is 17.7 Å². The second-order valence-electron chi connectivity index (χ2n) is 13.4. The third kappa shape index (κ3) is 13.3. The molecule has 4 heterocycles. The average molecular weight is 932 g/mol. The highest BCUT2D eigenvalue weighted by molar-refractivity contribution is 9.10. The number of carbonyl (C=O) groups excluding carboxylic acids is 4. The maximum atomic E-state index is 14.2. The maximum Gasteiger partial charge on any atom is 0.225 e. The van der Waals surface area contributed by atoms with Gasteiger partial charge in [-0.25, -0.2) is 9.97 Å². The number of benzene rings is 2. The molecule has 0 aliphatic rings. The molecule has 0 saturated carbocycles. The summed E-state index contributed by atoms with van der Waals surface area (Å²) < 4.78 is 48.5. The van der Waals surface area contributed by atoms with Gasteiger partial charge in [-0.3, -0.25) is 29.1 Å². The predicted molar refractivity (Wildman–Crippen MR) is 233 cm³/mol. The lowest BCUT2D eigenvalue weighted by Gasteiger charge is -2.10. The first kappa shape index (κ1) is 48.2. The van der Waals surface area contributed by atoms with Crippen LogP contribution >= 0.6 is 27.5 Å². The van der Waals surface area contributed by atoms with Crippen LogP contribution in [0, 0.1) is 25.7 Å². The van der Waals surface area contributed by atoms with Crippen molar-refractivity contribution < 1.29 is 46.9 Å². The number of methoxy groups -OCH3 is 4. The van der Waals surface area contributed by atoms with Crippen LogP contribution in [0.5, 0.6) is 23.0 Å². The number of nitrogens with zero attached hydrogens (tertiary/aromatic N) is 4. The molecule has 12 nitrogen and oxygen atoms in total. The molecule has 322 valence electrons. The molecule has 0 bridgehead atoms. The van der Waals surface area contributed by atoms with Crippen LogP contribution in [-0.2, 0) is 12.8 Å². The molecule has 16 heteroatoms. The zero-order chi connectivity index (χ0) is 45.7. The van der Waals surface area contributed by atoms with Crippen molar-refractivity contribution in [2.75, 3.05) is 28.4 Å². The van der Waals surface area contributed by atoms with E-state index in [0.717, 1.165) is 15.7 Å². The Labute approximate surface area is 370 Å². The molecule has 6 aromatic rings. The van der Waals surface area contributed by atoms with E-state index in [1.54, 1.807) is 82.1 Å². The molecule has 62 heavy (non-hydrogen) atoms. The Morgan fingerprint density at radius 2 is 1.02 bits per heavy atom. The second-order valence-corrected chi connectivity index (χ2v) is 14.7. The fourth-order valence-corrected chi connectivity index (χ4v) is 6.14. The third-order valence-corrected chi connectivity index (χ3v) is 10.0. The molecule has 0 radical (unpaired) electrons. The van der Waals surface area contributed by atoms with Gasteiger partial charge in [-0.1, -0.05) is 11.6 Å². The van der Waals surface area contributed by atoms with Gasteiger partial charge in [0.05, 0.1) is 51.0 Å². The molecule has 0 spiro atoms. The highest BCUT2D eigenvalue weighted by Gasteiger charge is 2.16. The summed E-state index contributed by atoms with van der Waals surface area (Å²) in [5.74, 6) is -0.312. The Morgan fingerprint density at radius 3 is 1.42 bits per heavy atom. The van der Waals surface area contributed by atoms with Gasteiger partial charge in [0.1, 0.15) is 28.2 Å². The summed E-state index contributed by atoms with van der Waals surface area (Å²) >= 11 is 8.78. The lowest BCUT2D eigenvalue weighted by molar-refractivity contribution is 0.0984. The lowest BCUT2D eigenvalue weighted by atomic mass is 10.0. The van der Waals surface area contributed by atoms with Crippen LogP contribution in [0.3, 0.4) is 0 Å². The fraction of sp³-hybridized carbons (Fsp3) is 0.217. The number of Topliss-reactive ketones (excluding diaryl/α,β-unsaturated/α-hetero) is 4. The first-order chi connectivity index (χ1) is 29.5. The number of hydrogen-bond donors (Lipinski definition) is 0. The smallest absolute Gasteiger partial charge is 0.225 e. The molecule has 0 aliphatic carbocycles. The largest absolute Gasteiger partial charge is 0.497 e. The van der Waals surface area contributed by atoms with E-state index in [1.165, 1.54) is 46.3 Å². The van der Waals surface area contributed by atoms with Gasteiger partial charge in [-0.15, -0.1) is 0 Å². The van der Waals surface area contributed by atoms with Crippen molar-refractivity contribution in [2.24, 2.45) is 0 Å². The number of aromatic nitrogens is 4. The van der Waals surface area contributed by atoms with Crippen LogP contribution in [0.4, 0.5) is 8.78 Å². The van der Waals surface area contributed by atoms with E-state index in [4.69, 9.17) is 30.5 Å². The minimum Gasteiger partial charge on any atom is -0.497 e. The summed E-state index contributed by atoms with van der Waals surface area (Å²) in [6.07, 6.45) is 3.69. The summed E-state index contributed by atoms with van der Waals surface area (Å²) in [7, 11) is 6.15. The molecule has 0 atom stereocenters. The van der Waals surface area contributed by atoms with Crippen LogP contribution in [-0.4, -0.2) is 71.5 Å². The molecule has 4 aromatic heterocycles. The van der Waals surface area contributed by atoms with Crippen LogP contribution < -0.4 is 18.9 Å². The molecule has 0 unspecified atom stereocenters. The summed E-state index contributed by atoms with van der Waals surface area (Å²) in [5.41, 5.74) is 4.89. The van der Waals surface area contributed by atoms with Crippen LogP contribution in [0.1, 0.15) is 77.8 Å². The zero-order valence-corrected chi connectivity index (χ0v) is 37.4. The maximum absolute atomic E-state index is 14.2. The normalized spacial score (nSPS) is 10.3. The van der Waals surface area contributed by atoms with Crippen molar-refractivity contribution in [2.45, 2.75) is 40.5 Å². The van der Waals surface area contributed by atoms with Gasteiger partial charge in [0.2, 0.25) is 11.9 Å². The SMILES string of the molecule is CC(=O)c1ccc(Cl)nc1F.COc1cc(OC)cc(C(=O)Cc2cnc(C)c(-c3ccc(C(C)=O)c(F)n3)c2)c1.COc1cc(OC)cc(C(=O)Cc2cnc(C)c(Br)c2)c1. The number of carbonyl (C=O) groups is 4. The first-order valence-corrected chi connectivity index (χ1v) is 19.7. The number of pyridine rings is 4. The van der Waals surface area contributed by atoms with Gasteiger partial charge >= 0.3 is 0 Å². The number of ether oxygens (including phenoxy) is 4. The molecular formula is C46H42BrClF2N4O8. The first-order valence-electron chi connectivity index (χ1n) is 18.6. The van der Waals surface area contributed by atoms with Crippen molar-refractivity contribution in [3.63, 3.8) is 0 Å². The van der Waals surface area contributed by atoms with E-state index in [1.807, 2.05) is 13.0 Å². The van der Waals surface area contributed by atoms with Crippen molar-refractivity contribution in [3.8, 4) is 34.3 Å². The minimum atomic E-state index is -0.829. The fourth-order valence-electron chi connectivity index (χ4n) is 5.61. The number of aryl methyl sites for hydroxylation is 2. The molecule has 0 amide bonds. The summed E-state index contributed by atoms with van der Waals surface area (Å²) in [6.45, 7) is 6.23. The van der Waals surface area contributed by atoms with Gasteiger partial charge in [0, 0.05) is 64.2 Å². The van der Waals surface area contributed by atoms with Gasteiger partial charge in [-0.2, -0.15) is 8.78 Å². The Balaban J connectivity index is 0.000000228. The standard InChI is InChI=1S/C23H21FN2O4.C16H16BrNO3.C7H5ClFNO/c1-13-20(21-6-5-19(14(2)27)23(24)26-21)7-15(12-25-13)8-22(28)16-9-17(29-3)11-18(10-16)30-4;1-10-15(17)4-11(9-18-10)5-16(19)12-6-13(20-2)8-14(7-12)21-3;1-4(11)5-2-3-6(8)10-7(5)9/h5-7,9-12H,8H2,1-4H3;4,6-9H,5H2,1-3H3;2-3H,1H3. The highest BCUT2D eigenvalue weighted by atomic mass is 79.9. The summed E-state index contributed by atoms with van der Waals surface area (Å²) in [4.78, 5) is 63.0. The number of halogens is 4. The van der Waals surface area contributed by atoms with Crippen molar-refractivity contribution in [3.05, 3.63) is 151 Å². The van der Waals surface area contributed by atoms with Crippen molar-refractivity contribution >= 4 is 50.7 Å². The van der Waals surface area contributed by atoms with Crippen LogP contribution in [0.25, 0.3) is 11.3 Å². The molecule has 0 aliphatic heterocycles. The van der Waals surface area contributed by atoms with Crippen molar-refractivity contribution in [1.29, 1.82) is 0 Å². The molecule has 2 aromatic carbocycles. The quantitative estimate of drug-likeness (QED) is 0.0799. The molecule has 0 N–H and O–H groups in total. The second kappa shape index (κ2) is 22.4. The average Bonchev–Trinajstić information content (AvgIpc) is 3.25. The lowest BCUT2D eigenvalue weighted by Crippen LogP contribution is -2.06. The molecule has 0 saturated heterocycles. The Morgan fingerprint density at radius 1 is 0.597 bits per heavy atom. The Bertz CT molecular complexity index is 2580. The number of hydrogen-bond acceptors (Lipinski definition) is 12. The van der Waals surface area contributed by atoms with Gasteiger partial charge in [-0.05, 0) is 115 Å². The molecule has 6 rings (SSSR count). The molecule has 0 fully saturated rings. The Hall–Kier alpha value is -6.45. The van der Waals surface area contributed by atoms with E-state index >= 15 is 0 Å². The number of rotatable bonds is 13. The third-order valence-electron chi connectivity index (χ3n) is 9.00. The Kier molecular flexibility index (Phi) is 17.4.